The molecule has 96 valence electrons. The average molecular weight is 288 g/mol. The Balaban J connectivity index is 1.80. The normalized spacial score (nSPS) is 10.9. The van der Waals surface area contributed by atoms with Crippen molar-refractivity contribution in [1.82, 2.24) is 4.98 Å². The number of thiazole rings is 1. The van der Waals surface area contributed by atoms with Gasteiger partial charge in [0.1, 0.15) is 5.75 Å². The molecule has 3 aromatic rings. The van der Waals surface area contributed by atoms with Gasteiger partial charge in [0, 0.05) is 17.0 Å². The minimum atomic E-state index is 0.280. The molecule has 0 aliphatic carbocycles. The van der Waals surface area contributed by atoms with Gasteiger partial charge in [-0.2, -0.15) is 0 Å². The third-order valence-corrected chi connectivity index (χ3v) is 4.96. The molecule has 0 aliphatic heterocycles. The van der Waals surface area contributed by atoms with E-state index in [1.165, 1.54) is 4.70 Å². The van der Waals surface area contributed by atoms with Crippen molar-refractivity contribution >= 4 is 39.0 Å². The number of phenolic OH excluding ortho intramolecular Hbond substituents is 1. The van der Waals surface area contributed by atoms with Gasteiger partial charge in [-0.25, -0.2) is 4.98 Å². The smallest absolute Gasteiger partial charge is 0.151 e. The van der Waals surface area contributed by atoms with Crippen LogP contribution in [0.5, 0.6) is 5.75 Å². The quantitative estimate of drug-likeness (QED) is 0.436. The van der Waals surface area contributed by atoms with Crippen molar-refractivity contribution in [2.45, 2.75) is 10.1 Å². The van der Waals surface area contributed by atoms with Crippen LogP contribution in [0.25, 0.3) is 10.2 Å². The summed E-state index contributed by atoms with van der Waals surface area (Å²) < 4.78 is 2.19. The van der Waals surface area contributed by atoms with Crippen LogP contribution in [0, 0.1) is 0 Å². The number of anilines is 1. The molecule has 19 heavy (non-hydrogen) atoms. The van der Waals surface area contributed by atoms with E-state index in [4.69, 9.17) is 5.73 Å². The van der Waals surface area contributed by atoms with Gasteiger partial charge in [0.25, 0.3) is 0 Å². The number of aromatic nitrogens is 1. The van der Waals surface area contributed by atoms with Gasteiger partial charge in [0.15, 0.2) is 4.34 Å². The topological polar surface area (TPSA) is 59.1 Å². The summed E-state index contributed by atoms with van der Waals surface area (Å²) in [6.07, 6.45) is 0. The number of aromatic hydroxyl groups is 1. The number of benzene rings is 2. The van der Waals surface area contributed by atoms with Crippen LogP contribution < -0.4 is 5.73 Å². The Bertz CT molecular complexity index is 691. The SMILES string of the molecule is Nc1ccc(O)c(CSc2nc3ccccc3s2)c1. The van der Waals surface area contributed by atoms with Gasteiger partial charge in [-0.1, -0.05) is 23.9 Å². The first-order valence-electron chi connectivity index (χ1n) is 5.78. The Morgan fingerprint density at radius 3 is 2.89 bits per heavy atom. The van der Waals surface area contributed by atoms with Gasteiger partial charge in [0.05, 0.1) is 10.2 Å². The molecule has 0 saturated carbocycles. The first-order chi connectivity index (χ1) is 9.22. The minimum Gasteiger partial charge on any atom is -0.508 e. The highest BCUT2D eigenvalue weighted by Crippen LogP contribution is 2.33. The van der Waals surface area contributed by atoms with Crippen LogP contribution in [0.15, 0.2) is 46.8 Å². The fourth-order valence-electron chi connectivity index (χ4n) is 1.77. The molecule has 0 unspecified atom stereocenters. The molecule has 0 radical (unpaired) electrons. The van der Waals surface area contributed by atoms with Gasteiger partial charge in [-0.05, 0) is 30.3 Å². The van der Waals surface area contributed by atoms with E-state index in [0.29, 0.717) is 11.4 Å². The van der Waals surface area contributed by atoms with E-state index in [-0.39, 0.29) is 5.75 Å². The second-order valence-corrected chi connectivity index (χ2v) is 6.38. The Hall–Kier alpha value is -1.72. The molecule has 5 heteroatoms. The molecule has 3 N–H and O–H groups in total. The molecule has 2 aromatic carbocycles. The van der Waals surface area contributed by atoms with Crippen LogP contribution in [0.4, 0.5) is 5.69 Å². The highest BCUT2D eigenvalue weighted by atomic mass is 32.2. The summed E-state index contributed by atoms with van der Waals surface area (Å²) in [5, 5.41) is 9.77. The number of hydrogen-bond acceptors (Lipinski definition) is 5. The second kappa shape index (κ2) is 5.11. The van der Waals surface area contributed by atoms with Crippen molar-refractivity contribution < 1.29 is 5.11 Å². The van der Waals surface area contributed by atoms with Crippen LogP contribution in [0.3, 0.4) is 0 Å². The summed E-state index contributed by atoms with van der Waals surface area (Å²) in [5.74, 6) is 0.944. The van der Waals surface area contributed by atoms with Gasteiger partial charge in [-0.15, -0.1) is 11.3 Å². The third kappa shape index (κ3) is 2.67. The van der Waals surface area contributed by atoms with Crippen molar-refractivity contribution in [3.05, 3.63) is 48.0 Å². The number of fused-ring (bicyclic) bond motifs is 1. The Morgan fingerprint density at radius 2 is 2.05 bits per heavy atom. The number of hydrogen-bond donors (Lipinski definition) is 2. The van der Waals surface area contributed by atoms with E-state index < -0.39 is 0 Å². The summed E-state index contributed by atoms with van der Waals surface area (Å²) in [6, 6.07) is 13.2. The molecule has 0 atom stereocenters. The van der Waals surface area contributed by atoms with E-state index in [1.807, 2.05) is 18.2 Å². The van der Waals surface area contributed by atoms with E-state index in [2.05, 4.69) is 11.1 Å². The molecule has 0 spiro atoms. The Labute approximate surface area is 119 Å². The van der Waals surface area contributed by atoms with Gasteiger partial charge >= 0.3 is 0 Å². The van der Waals surface area contributed by atoms with E-state index in [0.717, 1.165) is 15.4 Å². The molecule has 1 aromatic heterocycles. The zero-order valence-corrected chi connectivity index (χ0v) is 11.7. The van der Waals surface area contributed by atoms with E-state index >= 15 is 0 Å². The van der Waals surface area contributed by atoms with Crippen molar-refractivity contribution in [2.24, 2.45) is 0 Å². The largest absolute Gasteiger partial charge is 0.508 e. The summed E-state index contributed by atoms with van der Waals surface area (Å²) >= 11 is 3.28. The third-order valence-electron chi connectivity index (χ3n) is 2.73. The highest BCUT2D eigenvalue weighted by molar-refractivity contribution is 8.00. The number of nitrogens with zero attached hydrogens (tertiary/aromatic N) is 1. The number of thioether (sulfide) groups is 1. The molecule has 0 aliphatic rings. The molecule has 0 saturated heterocycles. The standard InChI is InChI=1S/C14H12N2OS2/c15-10-5-6-12(17)9(7-10)8-18-14-16-11-3-1-2-4-13(11)19-14/h1-7,17H,8,15H2. The van der Waals surface area contributed by atoms with Crippen LogP contribution in [-0.4, -0.2) is 10.1 Å². The second-order valence-electron chi connectivity index (χ2n) is 4.12. The van der Waals surface area contributed by atoms with E-state index in [9.17, 15) is 5.11 Å². The first kappa shape index (κ1) is 12.3. The molecular formula is C14H12N2OS2. The lowest BCUT2D eigenvalue weighted by molar-refractivity contribution is 0.471. The lowest BCUT2D eigenvalue weighted by Gasteiger charge is -2.03. The van der Waals surface area contributed by atoms with Crippen molar-refractivity contribution in [3.8, 4) is 5.75 Å². The van der Waals surface area contributed by atoms with Crippen LogP contribution in [0.2, 0.25) is 0 Å². The first-order valence-corrected chi connectivity index (χ1v) is 7.58. The fourth-order valence-corrected chi connectivity index (χ4v) is 3.83. The van der Waals surface area contributed by atoms with Gasteiger partial charge in [-0.3, -0.25) is 0 Å². The highest BCUT2D eigenvalue weighted by Gasteiger charge is 2.07. The molecule has 3 rings (SSSR count). The number of phenols is 1. The van der Waals surface area contributed by atoms with Gasteiger partial charge < -0.3 is 10.8 Å². The Kier molecular flexibility index (Phi) is 3.31. The maximum absolute atomic E-state index is 9.77. The summed E-state index contributed by atoms with van der Waals surface area (Å²) in [7, 11) is 0. The molecule has 1 heterocycles. The van der Waals surface area contributed by atoms with E-state index in [1.54, 1.807) is 41.3 Å². The molecule has 0 bridgehead atoms. The maximum atomic E-state index is 9.77. The number of para-hydroxylation sites is 1. The van der Waals surface area contributed by atoms with Crippen LogP contribution >= 0.6 is 23.1 Å². The minimum absolute atomic E-state index is 0.280. The predicted molar refractivity (Wildman–Crippen MR) is 81.7 cm³/mol. The van der Waals surface area contributed by atoms with Gasteiger partial charge in [0.2, 0.25) is 0 Å². The summed E-state index contributed by atoms with van der Waals surface area (Å²) in [6.45, 7) is 0. The number of rotatable bonds is 3. The predicted octanol–water partition coefficient (Wildman–Crippen LogP) is 3.88. The molecular weight excluding hydrogens is 276 g/mol. The average Bonchev–Trinajstić information content (AvgIpc) is 2.82. The van der Waals surface area contributed by atoms with Crippen molar-refractivity contribution in [2.75, 3.05) is 5.73 Å². The van der Waals surface area contributed by atoms with Crippen molar-refractivity contribution in [3.63, 3.8) is 0 Å². The number of nitrogen functional groups attached to an aromatic ring is 1. The molecule has 0 fully saturated rings. The fraction of sp³-hybridized carbons (Fsp3) is 0.0714. The zero-order valence-electron chi connectivity index (χ0n) is 10.0. The maximum Gasteiger partial charge on any atom is 0.151 e. The van der Waals surface area contributed by atoms with Crippen LogP contribution in [-0.2, 0) is 5.75 Å². The molecule has 0 amide bonds. The monoisotopic (exact) mass is 288 g/mol. The summed E-state index contributed by atoms with van der Waals surface area (Å²) in [5.41, 5.74) is 8.25. The zero-order chi connectivity index (χ0) is 13.2. The lowest BCUT2D eigenvalue weighted by Crippen LogP contribution is -1.88. The van der Waals surface area contributed by atoms with Crippen LogP contribution in [0.1, 0.15) is 5.56 Å². The number of nitrogens with two attached hydrogens (primary N) is 1. The Morgan fingerprint density at radius 1 is 1.21 bits per heavy atom. The molecule has 3 nitrogen and oxygen atoms in total. The lowest BCUT2D eigenvalue weighted by atomic mass is 10.2. The summed E-state index contributed by atoms with van der Waals surface area (Å²) in [4.78, 5) is 4.55. The van der Waals surface area contributed by atoms with Crippen molar-refractivity contribution in [1.29, 1.82) is 0 Å².